The van der Waals surface area contributed by atoms with Gasteiger partial charge in [-0.3, -0.25) is 4.68 Å². The first-order valence-electron chi connectivity index (χ1n) is 6.35. The second-order valence-corrected chi connectivity index (χ2v) is 5.19. The van der Waals surface area contributed by atoms with Gasteiger partial charge in [0.2, 0.25) is 0 Å². The van der Waals surface area contributed by atoms with E-state index in [1.165, 1.54) is 29.8 Å². The van der Waals surface area contributed by atoms with Crippen molar-refractivity contribution in [3.8, 4) is 0 Å². The molecule has 0 spiro atoms. The Balaban J connectivity index is 2.35. The molecule has 2 heterocycles. The summed E-state index contributed by atoms with van der Waals surface area (Å²) in [6, 6.07) is 0. The lowest BCUT2D eigenvalue weighted by Crippen LogP contribution is -2.27. The van der Waals surface area contributed by atoms with Gasteiger partial charge >= 0.3 is 0 Å². The van der Waals surface area contributed by atoms with Gasteiger partial charge in [0.15, 0.2) is 0 Å². The first-order valence-corrected chi connectivity index (χ1v) is 6.35. The van der Waals surface area contributed by atoms with Crippen molar-refractivity contribution in [1.29, 1.82) is 0 Å². The van der Waals surface area contributed by atoms with Crippen molar-refractivity contribution < 1.29 is 0 Å². The Kier molecular flexibility index (Phi) is 3.33. The fourth-order valence-electron chi connectivity index (χ4n) is 2.76. The summed E-state index contributed by atoms with van der Waals surface area (Å²) in [5, 5.41) is 8.16. The monoisotopic (exact) mass is 221 g/mol. The van der Waals surface area contributed by atoms with Crippen molar-refractivity contribution in [2.45, 2.75) is 45.4 Å². The summed E-state index contributed by atoms with van der Waals surface area (Å²) < 4.78 is 2.05. The van der Waals surface area contributed by atoms with E-state index >= 15 is 0 Å². The number of nitrogens with zero attached hydrogens (tertiary/aromatic N) is 2. The van der Waals surface area contributed by atoms with Gasteiger partial charge in [0.1, 0.15) is 0 Å². The topological polar surface area (TPSA) is 29.9 Å². The number of nitrogens with one attached hydrogen (secondary N) is 1. The molecule has 0 amide bonds. The number of hydrogen-bond donors (Lipinski definition) is 1. The first-order chi connectivity index (χ1) is 7.61. The molecule has 1 aliphatic heterocycles. The van der Waals surface area contributed by atoms with E-state index in [1.54, 1.807) is 0 Å². The Bertz CT molecular complexity index is 359. The Morgan fingerprint density at radius 2 is 1.94 bits per heavy atom. The molecule has 1 aromatic heterocycles. The van der Waals surface area contributed by atoms with Gasteiger partial charge < -0.3 is 5.32 Å². The van der Waals surface area contributed by atoms with Crippen molar-refractivity contribution in [2.24, 2.45) is 7.05 Å². The van der Waals surface area contributed by atoms with Crippen molar-refractivity contribution >= 4 is 0 Å². The van der Waals surface area contributed by atoms with E-state index in [1.807, 2.05) is 4.68 Å². The molecule has 1 saturated heterocycles. The highest BCUT2D eigenvalue weighted by molar-refractivity contribution is 5.31. The molecule has 0 aliphatic carbocycles. The molecule has 0 aromatic carbocycles. The predicted octanol–water partition coefficient (Wildman–Crippen LogP) is 2.32. The zero-order valence-electron chi connectivity index (χ0n) is 10.9. The fourth-order valence-corrected chi connectivity index (χ4v) is 2.76. The molecule has 0 unspecified atom stereocenters. The Labute approximate surface area is 98.2 Å². The third kappa shape index (κ3) is 2.01. The van der Waals surface area contributed by atoms with Crippen LogP contribution in [0.4, 0.5) is 0 Å². The normalized spacial score (nSPS) is 18.3. The molecule has 1 fully saturated rings. The van der Waals surface area contributed by atoms with Crippen LogP contribution in [0.5, 0.6) is 0 Å². The largest absolute Gasteiger partial charge is 0.317 e. The highest BCUT2D eigenvalue weighted by atomic mass is 15.3. The zero-order chi connectivity index (χ0) is 11.7. The summed E-state index contributed by atoms with van der Waals surface area (Å²) >= 11 is 0. The molecule has 0 bridgehead atoms. The second kappa shape index (κ2) is 4.58. The second-order valence-electron chi connectivity index (χ2n) is 5.19. The quantitative estimate of drug-likeness (QED) is 0.830. The molecule has 0 saturated carbocycles. The number of aryl methyl sites for hydroxylation is 1. The van der Waals surface area contributed by atoms with E-state index in [9.17, 15) is 0 Å². The van der Waals surface area contributed by atoms with Gasteiger partial charge in [0.05, 0.1) is 5.69 Å². The number of rotatable bonds is 2. The maximum absolute atomic E-state index is 4.74. The van der Waals surface area contributed by atoms with Crippen molar-refractivity contribution in [3.63, 3.8) is 0 Å². The van der Waals surface area contributed by atoms with Crippen molar-refractivity contribution in [1.82, 2.24) is 15.1 Å². The highest BCUT2D eigenvalue weighted by Gasteiger charge is 2.24. The van der Waals surface area contributed by atoms with Crippen LogP contribution in [-0.2, 0) is 7.05 Å². The SMILES string of the molecule is Cc1c(C(C)C)c(C2CCNCC2)nn1C. The molecule has 1 aromatic rings. The summed E-state index contributed by atoms with van der Waals surface area (Å²) in [5.74, 6) is 1.25. The summed E-state index contributed by atoms with van der Waals surface area (Å²) in [6.45, 7) is 9.01. The fraction of sp³-hybridized carbons (Fsp3) is 0.769. The molecular weight excluding hydrogens is 198 g/mol. The highest BCUT2D eigenvalue weighted by Crippen LogP contribution is 2.32. The van der Waals surface area contributed by atoms with Gasteiger partial charge in [-0.15, -0.1) is 0 Å². The average Bonchev–Trinajstić information content (AvgIpc) is 2.57. The molecule has 3 heteroatoms. The minimum Gasteiger partial charge on any atom is -0.317 e. The minimum absolute atomic E-state index is 0.582. The standard InChI is InChI=1S/C13H23N3/c1-9(2)12-10(3)16(4)15-13(12)11-5-7-14-8-6-11/h9,11,14H,5-8H2,1-4H3. The van der Waals surface area contributed by atoms with Gasteiger partial charge in [0.25, 0.3) is 0 Å². The minimum atomic E-state index is 0.582. The average molecular weight is 221 g/mol. The van der Waals surface area contributed by atoms with Gasteiger partial charge in [0, 0.05) is 18.7 Å². The van der Waals surface area contributed by atoms with Gasteiger partial charge in [-0.25, -0.2) is 0 Å². The predicted molar refractivity (Wildman–Crippen MR) is 66.9 cm³/mol. The zero-order valence-corrected chi connectivity index (χ0v) is 10.9. The molecule has 0 atom stereocenters. The lowest BCUT2D eigenvalue weighted by Gasteiger charge is -2.22. The summed E-state index contributed by atoms with van der Waals surface area (Å²) in [6.07, 6.45) is 2.46. The molecule has 90 valence electrons. The molecule has 16 heavy (non-hydrogen) atoms. The Morgan fingerprint density at radius 1 is 1.31 bits per heavy atom. The van der Waals surface area contributed by atoms with Crippen molar-refractivity contribution in [2.75, 3.05) is 13.1 Å². The van der Waals surface area contributed by atoms with Crippen LogP contribution in [0, 0.1) is 6.92 Å². The smallest absolute Gasteiger partial charge is 0.0693 e. The Morgan fingerprint density at radius 3 is 2.50 bits per heavy atom. The van der Waals surface area contributed by atoms with Crippen molar-refractivity contribution in [3.05, 3.63) is 17.0 Å². The Hall–Kier alpha value is -0.830. The van der Waals surface area contributed by atoms with Crippen LogP contribution in [-0.4, -0.2) is 22.9 Å². The number of piperidine rings is 1. The van der Waals surface area contributed by atoms with E-state index in [4.69, 9.17) is 5.10 Å². The summed E-state index contributed by atoms with van der Waals surface area (Å²) in [5.41, 5.74) is 4.18. The molecule has 2 rings (SSSR count). The van der Waals surface area contributed by atoms with Crippen LogP contribution in [0.15, 0.2) is 0 Å². The van der Waals surface area contributed by atoms with Crippen LogP contribution in [0.2, 0.25) is 0 Å². The van der Waals surface area contributed by atoms with E-state index in [2.05, 4.69) is 33.1 Å². The van der Waals surface area contributed by atoms with Crippen LogP contribution in [0.3, 0.4) is 0 Å². The van der Waals surface area contributed by atoms with Crippen LogP contribution in [0.25, 0.3) is 0 Å². The molecule has 3 nitrogen and oxygen atoms in total. The van der Waals surface area contributed by atoms with E-state index < -0.39 is 0 Å². The van der Waals surface area contributed by atoms with E-state index in [0.717, 1.165) is 13.1 Å². The van der Waals surface area contributed by atoms with Crippen LogP contribution >= 0.6 is 0 Å². The lowest BCUT2D eigenvalue weighted by molar-refractivity contribution is 0.447. The van der Waals surface area contributed by atoms with Crippen LogP contribution < -0.4 is 5.32 Å². The van der Waals surface area contributed by atoms with E-state index in [0.29, 0.717) is 11.8 Å². The molecular formula is C13H23N3. The first kappa shape index (κ1) is 11.6. The summed E-state index contributed by atoms with van der Waals surface area (Å²) in [4.78, 5) is 0. The maximum Gasteiger partial charge on any atom is 0.0693 e. The lowest BCUT2D eigenvalue weighted by atomic mass is 9.88. The van der Waals surface area contributed by atoms with Gasteiger partial charge in [-0.05, 0) is 44.3 Å². The maximum atomic E-state index is 4.74. The third-order valence-electron chi connectivity index (χ3n) is 3.71. The van der Waals surface area contributed by atoms with Gasteiger partial charge in [-0.1, -0.05) is 13.8 Å². The molecule has 1 aliphatic rings. The number of aromatic nitrogens is 2. The van der Waals surface area contributed by atoms with Gasteiger partial charge in [-0.2, -0.15) is 5.10 Å². The molecule has 0 radical (unpaired) electrons. The van der Waals surface area contributed by atoms with Crippen LogP contribution in [0.1, 0.15) is 55.5 Å². The molecule has 1 N–H and O–H groups in total. The third-order valence-corrected chi connectivity index (χ3v) is 3.71. The summed E-state index contributed by atoms with van der Waals surface area (Å²) in [7, 11) is 2.06. The van der Waals surface area contributed by atoms with E-state index in [-0.39, 0.29) is 0 Å². The number of hydrogen-bond acceptors (Lipinski definition) is 2.